The van der Waals surface area contributed by atoms with Crippen molar-refractivity contribution in [3.05, 3.63) is 16.6 Å². The Morgan fingerprint density at radius 3 is 2.56 bits per heavy atom. The first-order valence-electron chi connectivity index (χ1n) is 6.01. The fraction of sp³-hybridized carbons (Fsp3) is 0.750. The molecule has 2 rings (SSSR count). The van der Waals surface area contributed by atoms with Gasteiger partial charge in [0.05, 0.1) is 5.69 Å². The lowest BCUT2D eigenvalue weighted by Gasteiger charge is -2.31. The van der Waals surface area contributed by atoms with Gasteiger partial charge in [0.15, 0.2) is 0 Å². The van der Waals surface area contributed by atoms with Crippen LogP contribution >= 0.6 is 11.5 Å². The van der Waals surface area contributed by atoms with E-state index < -0.39 is 0 Å². The smallest absolute Gasteiger partial charge is 0.0685 e. The molecule has 16 heavy (non-hydrogen) atoms. The minimum absolute atomic E-state index is 0.610. The van der Waals surface area contributed by atoms with Crippen molar-refractivity contribution in [3.63, 3.8) is 0 Å². The minimum Gasteiger partial charge on any atom is -0.304 e. The average molecular weight is 239 g/mol. The maximum Gasteiger partial charge on any atom is 0.0685 e. The summed E-state index contributed by atoms with van der Waals surface area (Å²) >= 11 is 1.66. The van der Waals surface area contributed by atoms with Gasteiger partial charge in [-0.2, -0.15) is 4.37 Å². The first-order valence-corrected chi connectivity index (χ1v) is 6.79. The van der Waals surface area contributed by atoms with Crippen LogP contribution in [0.3, 0.4) is 0 Å². The van der Waals surface area contributed by atoms with Gasteiger partial charge in [0, 0.05) is 37.6 Å². The van der Waals surface area contributed by atoms with Gasteiger partial charge in [0.25, 0.3) is 0 Å². The quantitative estimate of drug-likeness (QED) is 0.804. The van der Waals surface area contributed by atoms with E-state index in [2.05, 4.69) is 41.1 Å². The molecule has 0 unspecified atom stereocenters. The maximum atomic E-state index is 4.54. The lowest BCUT2D eigenvalue weighted by atomic mass is 10.1. The molecule has 0 aliphatic carbocycles. The first kappa shape index (κ1) is 12.0. The zero-order valence-electron chi connectivity index (χ0n) is 10.4. The van der Waals surface area contributed by atoms with Gasteiger partial charge < -0.3 is 4.90 Å². The number of hydrogen-bond donors (Lipinski definition) is 0. The van der Waals surface area contributed by atoms with Crippen molar-refractivity contribution >= 4 is 11.5 Å². The molecule has 1 fully saturated rings. The van der Waals surface area contributed by atoms with Crippen molar-refractivity contribution in [2.24, 2.45) is 0 Å². The van der Waals surface area contributed by atoms with Crippen LogP contribution in [0.25, 0.3) is 0 Å². The second-order valence-corrected chi connectivity index (χ2v) is 5.79. The summed E-state index contributed by atoms with van der Waals surface area (Å²) in [6, 6.07) is 2.27. The molecule has 1 saturated heterocycles. The molecule has 0 radical (unpaired) electrons. The Balaban J connectivity index is 1.88. The van der Waals surface area contributed by atoms with Crippen LogP contribution in [-0.4, -0.2) is 47.4 Å². The van der Waals surface area contributed by atoms with Crippen LogP contribution < -0.4 is 0 Å². The van der Waals surface area contributed by atoms with E-state index in [9.17, 15) is 0 Å². The zero-order chi connectivity index (χ0) is 11.5. The molecule has 3 nitrogen and oxygen atoms in total. The van der Waals surface area contributed by atoms with Crippen LogP contribution in [0, 0.1) is 0 Å². The van der Waals surface area contributed by atoms with Crippen molar-refractivity contribution in [2.45, 2.75) is 26.3 Å². The SMILES string of the molecule is CC(C)c1cc(CN2CCN(C)CC2)ns1. The van der Waals surface area contributed by atoms with Crippen molar-refractivity contribution in [2.75, 3.05) is 33.2 Å². The monoisotopic (exact) mass is 239 g/mol. The molecular weight excluding hydrogens is 218 g/mol. The van der Waals surface area contributed by atoms with E-state index >= 15 is 0 Å². The van der Waals surface area contributed by atoms with E-state index in [0.717, 1.165) is 6.54 Å². The van der Waals surface area contributed by atoms with E-state index in [1.54, 1.807) is 11.5 Å². The summed E-state index contributed by atoms with van der Waals surface area (Å²) < 4.78 is 4.54. The Labute approximate surface area is 102 Å². The molecule has 0 bridgehead atoms. The summed E-state index contributed by atoms with van der Waals surface area (Å²) in [5.41, 5.74) is 1.25. The largest absolute Gasteiger partial charge is 0.304 e. The molecule has 0 saturated carbocycles. The molecule has 1 aliphatic rings. The van der Waals surface area contributed by atoms with E-state index in [4.69, 9.17) is 0 Å². The van der Waals surface area contributed by atoms with Crippen molar-refractivity contribution < 1.29 is 0 Å². The van der Waals surface area contributed by atoms with Crippen LogP contribution in [0.15, 0.2) is 6.07 Å². The molecule has 0 N–H and O–H groups in total. The van der Waals surface area contributed by atoms with Crippen LogP contribution in [0.2, 0.25) is 0 Å². The molecule has 90 valence electrons. The normalized spacial score (nSPS) is 19.5. The van der Waals surface area contributed by atoms with Crippen molar-refractivity contribution in [3.8, 4) is 0 Å². The number of piperazine rings is 1. The minimum atomic E-state index is 0.610. The third kappa shape index (κ3) is 3.03. The lowest BCUT2D eigenvalue weighted by Crippen LogP contribution is -2.43. The second kappa shape index (κ2) is 5.25. The van der Waals surface area contributed by atoms with Gasteiger partial charge in [-0.1, -0.05) is 13.8 Å². The van der Waals surface area contributed by atoms with E-state index in [1.807, 2.05) is 0 Å². The van der Waals surface area contributed by atoms with E-state index in [1.165, 1.54) is 36.8 Å². The highest BCUT2D eigenvalue weighted by atomic mass is 32.1. The third-order valence-electron chi connectivity index (χ3n) is 3.13. The van der Waals surface area contributed by atoms with E-state index in [0.29, 0.717) is 5.92 Å². The number of aromatic nitrogens is 1. The Morgan fingerprint density at radius 1 is 1.31 bits per heavy atom. The molecular formula is C12H21N3S. The highest BCUT2D eigenvalue weighted by molar-refractivity contribution is 7.05. The molecule has 1 aromatic heterocycles. The zero-order valence-corrected chi connectivity index (χ0v) is 11.3. The molecule has 2 heterocycles. The standard InChI is InChI=1S/C12H21N3S/c1-10(2)12-8-11(13-16-12)9-15-6-4-14(3)5-7-15/h8,10H,4-7,9H2,1-3H3. The van der Waals surface area contributed by atoms with Crippen LogP contribution in [-0.2, 0) is 6.54 Å². The van der Waals surface area contributed by atoms with E-state index in [-0.39, 0.29) is 0 Å². The summed E-state index contributed by atoms with van der Waals surface area (Å²) in [4.78, 5) is 6.29. The number of rotatable bonds is 3. The van der Waals surface area contributed by atoms with Crippen molar-refractivity contribution in [1.29, 1.82) is 0 Å². The molecule has 1 aromatic rings. The highest BCUT2D eigenvalue weighted by Gasteiger charge is 2.15. The van der Waals surface area contributed by atoms with Crippen molar-refractivity contribution in [1.82, 2.24) is 14.2 Å². The fourth-order valence-corrected chi connectivity index (χ4v) is 2.64. The third-order valence-corrected chi connectivity index (χ3v) is 4.25. The van der Waals surface area contributed by atoms with Gasteiger partial charge >= 0.3 is 0 Å². The van der Waals surface area contributed by atoms with Gasteiger partial charge in [-0.15, -0.1) is 0 Å². The predicted molar refractivity (Wildman–Crippen MR) is 69.0 cm³/mol. The van der Waals surface area contributed by atoms with Gasteiger partial charge in [-0.05, 0) is 30.6 Å². The molecule has 0 atom stereocenters. The molecule has 1 aliphatic heterocycles. The maximum absolute atomic E-state index is 4.54. The Morgan fingerprint density at radius 2 is 2.00 bits per heavy atom. The van der Waals surface area contributed by atoms with Crippen LogP contribution in [0.4, 0.5) is 0 Å². The van der Waals surface area contributed by atoms with Gasteiger partial charge in [0.1, 0.15) is 0 Å². The molecule has 0 spiro atoms. The van der Waals surface area contributed by atoms with Gasteiger partial charge in [0.2, 0.25) is 0 Å². The summed E-state index contributed by atoms with van der Waals surface area (Å²) in [6.07, 6.45) is 0. The molecule has 4 heteroatoms. The highest BCUT2D eigenvalue weighted by Crippen LogP contribution is 2.21. The Kier molecular flexibility index (Phi) is 3.95. The molecule has 0 amide bonds. The first-order chi connectivity index (χ1) is 7.65. The Hall–Kier alpha value is -0.450. The number of hydrogen-bond acceptors (Lipinski definition) is 4. The average Bonchev–Trinajstić information content (AvgIpc) is 2.70. The fourth-order valence-electron chi connectivity index (χ4n) is 1.91. The summed E-state index contributed by atoms with van der Waals surface area (Å²) in [6.45, 7) is 10.2. The topological polar surface area (TPSA) is 19.4 Å². The predicted octanol–water partition coefficient (Wildman–Crippen LogP) is 2.01. The second-order valence-electron chi connectivity index (χ2n) is 4.95. The van der Waals surface area contributed by atoms with Gasteiger partial charge in [-0.25, -0.2) is 0 Å². The summed E-state index contributed by atoms with van der Waals surface area (Å²) in [7, 11) is 2.19. The summed E-state index contributed by atoms with van der Waals surface area (Å²) in [5.74, 6) is 0.610. The number of likely N-dealkylation sites (N-methyl/N-ethyl adjacent to an activating group) is 1. The molecule has 0 aromatic carbocycles. The number of nitrogens with zero attached hydrogens (tertiary/aromatic N) is 3. The van der Waals surface area contributed by atoms with Gasteiger partial charge in [-0.3, -0.25) is 4.90 Å². The van der Waals surface area contributed by atoms with Crippen LogP contribution in [0.1, 0.15) is 30.3 Å². The lowest BCUT2D eigenvalue weighted by molar-refractivity contribution is 0.147. The summed E-state index contributed by atoms with van der Waals surface area (Å²) in [5, 5.41) is 0. The van der Waals surface area contributed by atoms with Crippen LogP contribution in [0.5, 0.6) is 0 Å². The Bertz CT molecular complexity index is 327.